The summed E-state index contributed by atoms with van der Waals surface area (Å²) >= 11 is 4.79. The summed E-state index contributed by atoms with van der Waals surface area (Å²) in [5.74, 6) is -9.54. The molecule has 10 N–H and O–H groups in total. The summed E-state index contributed by atoms with van der Waals surface area (Å²) in [6.07, 6.45) is -1.66. The van der Waals surface area contributed by atoms with Crippen molar-refractivity contribution in [2.45, 2.75) is 30.6 Å². The molecular formula is C23H26N4O8S. The number of anilines is 1. The van der Waals surface area contributed by atoms with Crippen molar-refractivity contribution in [3.63, 3.8) is 0 Å². The Morgan fingerprint density at radius 3 is 2.31 bits per heavy atom. The van der Waals surface area contributed by atoms with Gasteiger partial charge in [0.05, 0.1) is 29.3 Å². The average Bonchev–Trinajstić information content (AvgIpc) is 2.77. The van der Waals surface area contributed by atoms with Crippen LogP contribution in [-0.4, -0.2) is 84.9 Å². The van der Waals surface area contributed by atoms with Gasteiger partial charge >= 0.3 is 0 Å². The first-order chi connectivity index (χ1) is 16.7. The van der Waals surface area contributed by atoms with Crippen molar-refractivity contribution in [1.82, 2.24) is 4.90 Å². The number of nitrogens with zero attached hydrogens (tertiary/aromatic N) is 1. The zero-order valence-electron chi connectivity index (χ0n) is 19.5. The van der Waals surface area contributed by atoms with Gasteiger partial charge in [-0.2, -0.15) is 0 Å². The number of Topliss-reactive ketones (excluding diaryl/α,β-unsaturated/α-hetero) is 2. The van der Waals surface area contributed by atoms with Gasteiger partial charge in [-0.3, -0.25) is 19.3 Å². The minimum atomic E-state index is -2.96. The fourth-order valence-electron chi connectivity index (χ4n) is 5.86. The molecule has 0 aromatic heterocycles. The van der Waals surface area contributed by atoms with Gasteiger partial charge in [0.15, 0.2) is 22.2 Å². The first kappa shape index (κ1) is 25.6. The quantitative estimate of drug-likeness (QED) is 0.142. The van der Waals surface area contributed by atoms with E-state index in [2.05, 4.69) is 5.32 Å². The Bertz CT molecular complexity index is 1310. The lowest BCUT2D eigenvalue weighted by molar-refractivity contribution is -0.162. The lowest BCUT2D eigenvalue weighted by Gasteiger charge is -2.53. The van der Waals surface area contributed by atoms with Crippen LogP contribution < -0.4 is 16.8 Å². The minimum absolute atomic E-state index is 0.0126. The summed E-state index contributed by atoms with van der Waals surface area (Å²) in [5.41, 5.74) is 6.46. The Kier molecular flexibility index (Phi) is 5.87. The number of carbonyl (C=O) groups excluding carboxylic acids is 3. The zero-order valence-corrected chi connectivity index (χ0v) is 20.3. The number of primary amides is 1. The Hall–Kier alpha value is -3.52. The Morgan fingerprint density at radius 2 is 1.78 bits per heavy atom. The Morgan fingerprint density at radius 1 is 1.17 bits per heavy atom. The number of likely N-dealkylation sites (N-methyl/N-ethyl adjacent to an activating group) is 1. The molecule has 1 aromatic rings. The molecule has 3 aliphatic carbocycles. The molecule has 1 amide bonds. The van der Waals surface area contributed by atoms with Crippen molar-refractivity contribution in [3.05, 3.63) is 45.9 Å². The highest BCUT2D eigenvalue weighted by atomic mass is 32.1. The standard InChI is InChI=1S/C23H26N4O8S/c1-6-7-4-5-8(26-22(25)36)15(28)10(7)16(29)11-9(6)17(30)13-14(27(2)3)18(31)12(21(24)34)20(33)23(13,35)19(11)32/h4-6,9,13-14,17,28,30-32,35H,1-3H3,(H2,24,34)(H3,25,26,36)/t6-,9?,13?,14-,17-,23-/m0/s1. The molecule has 0 bridgehead atoms. The summed E-state index contributed by atoms with van der Waals surface area (Å²) in [6, 6.07) is 1.65. The molecule has 3 aliphatic rings. The number of aliphatic hydroxyl groups is 4. The van der Waals surface area contributed by atoms with Crippen LogP contribution >= 0.6 is 12.2 Å². The normalized spacial score (nSPS) is 31.7. The van der Waals surface area contributed by atoms with Gasteiger partial charge in [-0.25, -0.2) is 0 Å². The molecule has 0 spiro atoms. The molecule has 0 heterocycles. The number of hydrogen-bond donors (Lipinski definition) is 8. The van der Waals surface area contributed by atoms with E-state index < -0.39 is 81.4 Å². The molecule has 4 rings (SSSR count). The second kappa shape index (κ2) is 8.27. The third-order valence-corrected chi connectivity index (χ3v) is 7.49. The van der Waals surface area contributed by atoms with Gasteiger partial charge in [-0.15, -0.1) is 0 Å². The number of aliphatic hydroxyl groups excluding tert-OH is 3. The molecule has 0 saturated carbocycles. The van der Waals surface area contributed by atoms with E-state index >= 15 is 0 Å². The number of fused-ring (bicyclic) bond motifs is 3. The number of hydrogen-bond acceptors (Lipinski definition) is 10. The maximum atomic E-state index is 13.7. The van der Waals surface area contributed by atoms with E-state index in [-0.39, 0.29) is 16.4 Å². The third kappa shape index (κ3) is 3.17. The number of nitrogens with two attached hydrogens (primary N) is 2. The van der Waals surface area contributed by atoms with E-state index in [1.165, 1.54) is 31.1 Å². The number of ketones is 2. The molecule has 0 saturated heterocycles. The van der Waals surface area contributed by atoms with Crippen LogP contribution in [0, 0.1) is 11.8 Å². The number of nitrogens with one attached hydrogen (secondary N) is 1. The van der Waals surface area contributed by atoms with Crippen LogP contribution in [0.15, 0.2) is 34.8 Å². The molecule has 12 nitrogen and oxygen atoms in total. The lowest BCUT2D eigenvalue weighted by atomic mass is 9.55. The van der Waals surface area contributed by atoms with Gasteiger partial charge in [-0.1, -0.05) is 13.0 Å². The second-order valence-corrected chi connectivity index (χ2v) is 9.91. The maximum Gasteiger partial charge on any atom is 0.255 e. The van der Waals surface area contributed by atoms with E-state index in [0.717, 1.165) is 0 Å². The smallest absolute Gasteiger partial charge is 0.255 e. The van der Waals surface area contributed by atoms with Gasteiger partial charge in [0.25, 0.3) is 5.91 Å². The highest BCUT2D eigenvalue weighted by Crippen LogP contribution is 2.55. The molecule has 0 fully saturated rings. The van der Waals surface area contributed by atoms with Crippen LogP contribution in [0.1, 0.15) is 28.8 Å². The van der Waals surface area contributed by atoms with Crippen LogP contribution in [0.25, 0.3) is 0 Å². The largest absolute Gasteiger partial charge is 0.510 e. The number of phenols is 1. The summed E-state index contributed by atoms with van der Waals surface area (Å²) in [4.78, 5) is 40.4. The molecule has 1 aromatic carbocycles. The number of carbonyl (C=O) groups is 3. The average molecular weight is 519 g/mol. The number of amides is 1. The van der Waals surface area contributed by atoms with Gasteiger partial charge < -0.3 is 42.3 Å². The van der Waals surface area contributed by atoms with E-state index in [1.807, 2.05) is 0 Å². The summed E-state index contributed by atoms with van der Waals surface area (Å²) in [7, 11) is 2.94. The van der Waals surface area contributed by atoms with E-state index in [0.29, 0.717) is 5.56 Å². The summed E-state index contributed by atoms with van der Waals surface area (Å²) < 4.78 is 0. The van der Waals surface area contributed by atoms with Gasteiger partial charge in [0.1, 0.15) is 17.1 Å². The zero-order chi connectivity index (χ0) is 27.0. The maximum absolute atomic E-state index is 13.7. The van der Waals surface area contributed by atoms with Gasteiger partial charge in [0, 0.05) is 11.5 Å². The first-order valence-corrected chi connectivity index (χ1v) is 11.3. The monoisotopic (exact) mass is 518 g/mol. The van der Waals surface area contributed by atoms with Crippen LogP contribution in [0.3, 0.4) is 0 Å². The number of thiocarbonyl (C=S) groups is 1. The number of aromatic hydroxyl groups is 1. The fourth-order valence-corrected chi connectivity index (χ4v) is 5.97. The lowest BCUT2D eigenvalue weighted by Crippen LogP contribution is -2.68. The van der Waals surface area contributed by atoms with Crippen molar-refractivity contribution in [1.29, 1.82) is 0 Å². The number of rotatable bonds is 3. The fraction of sp³-hybridized carbons (Fsp3) is 0.391. The minimum Gasteiger partial charge on any atom is -0.510 e. The summed E-state index contributed by atoms with van der Waals surface area (Å²) in [5, 5.41) is 58.4. The Labute approximate surface area is 210 Å². The van der Waals surface area contributed by atoms with Crippen LogP contribution in [0.2, 0.25) is 0 Å². The van der Waals surface area contributed by atoms with Crippen LogP contribution in [0.4, 0.5) is 5.69 Å². The van der Waals surface area contributed by atoms with Crippen molar-refractivity contribution in [2.24, 2.45) is 23.3 Å². The van der Waals surface area contributed by atoms with Crippen molar-refractivity contribution in [2.75, 3.05) is 19.4 Å². The molecule has 192 valence electrons. The third-order valence-electron chi connectivity index (χ3n) is 7.39. The van der Waals surface area contributed by atoms with Crippen LogP contribution in [-0.2, 0) is 9.59 Å². The predicted molar refractivity (Wildman–Crippen MR) is 130 cm³/mol. The summed E-state index contributed by atoms with van der Waals surface area (Å²) in [6.45, 7) is 1.64. The van der Waals surface area contributed by atoms with E-state index in [9.17, 15) is 39.9 Å². The predicted octanol–water partition coefficient (Wildman–Crippen LogP) is -0.692. The molecule has 6 atom stereocenters. The topological polar surface area (TPSA) is 220 Å². The molecule has 0 radical (unpaired) electrons. The highest BCUT2D eigenvalue weighted by Gasteiger charge is 2.67. The number of phenolic OH excluding ortho intramolecular Hbond substituents is 1. The first-order valence-electron chi connectivity index (χ1n) is 10.9. The Balaban J connectivity index is 2.02. The van der Waals surface area contributed by atoms with Crippen molar-refractivity contribution < 1.29 is 39.9 Å². The van der Waals surface area contributed by atoms with Gasteiger partial charge in [-0.05, 0) is 43.9 Å². The molecular weight excluding hydrogens is 492 g/mol. The van der Waals surface area contributed by atoms with Gasteiger partial charge in [0.2, 0.25) is 5.78 Å². The molecule has 0 aliphatic heterocycles. The number of benzene rings is 1. The van der Waals surface area contributed by atoms with Crippen molar-refractivity contribution >= 4 is 40.5 Å². The second-order valence-electron chi connectivity index (χ2n) is 9.47. The SMILES string of the molecule is C[C@H]1c2ccc(NC(N)=S)c(O)c2C(=O)C2=C(O)[C@]3(O)C(=O)C(C(N)=O)=C(O)[C@@H](N(C)C)C3[C@@H](O)C21. The van der Waals surface area contributed by atoms with E-state index in [4.69, 9.17) is 23.7 Å². The molecule has 2 unspecified atom stereocenters. The molecule has 36 heavy (non-hydrogen) atoms. The highest BCUT2D eigenvalue weighted by molar-refractivity contribution is 7.80. The van der Waals surface area contributed by atoms with Crippen LogP contribution in [0.5, 0.6) is 5.75 Å². The van der Waals surface area contributed by atoms with E-state index in [1.54, 1.807) is 6.92 Å². The molecule has 13 heteroatoms. The van der Waals surface area contributed by atoms with Crippen molar-refractivity contribution in [3.8, 4) is 5.75 Å².